The van der Waals surface area contributed by atoms with Gasteiger partial charge in [0.1, 0.15) is 0 Å². The first-order chi connectivity index (χ1) is 9.10. The maximum Gasteiger partial charge on any atom is 0.0702 e. The lowest BCUT2D eigenvalue weighted by molar-refractivity contribution is 0.282. The van der Waals surface area contributed by atoms with E-state index >= 15 is 0 Å². The van der Waals surface area contributed by atoms with E-state index in [1.807, 2.05) is 32.2 Å². The second kappa shape index (κ2) is 6.22. The molecule has 0 amide bonds. The molecule has 0 atom stereocenters. The Labute approximate surface area is 122 Å². The van der Waals surface area contributed by atoms with Crippen LogP contribution >= 0.6 is 15.9 Å². The van der Waals surface area contributed by atoms with Gasteiger partial charge in [0.15, 0.2) is 0 Å². The largest absolute Gasteiger partial charge is 0.392 e. The first-order valence-electron chi connectivity index (χ1n) is 6.26. The van der Waals surface area contributed by atoms with E-state index in [1.54, 1.807) is 0 Å². The molecule has 0 fully saturated rings. The van der Waals surface area contributed by atoms with Crippen LogP contribution in [-0.2, 0) is 13.2 Å². The fourth-order valence-corrected chi connectivity index (χ4v) is 2.43. The topological polar surface area (TPSA) is 23.5 Å². The molecule has 0 unspecified atom stereocenters. The number of aryl methyl sites for hydroxylation is 1. The van der Waals surface area contributed by atoms with Crippen LogP contribution in [0.25, 0.3) is 0 Å². The molecule has 0 aliphatic heterocycles. The van der Waals surface area contributed by atoms with Crippen LogP contribution in [0.1, 0.15) is 16.7 Å². The highest BCUT2D eigenvalue weighted by molar-refractivity contribution is 9.10. The quantitative estimate of drug-likeness (QED) is 0.924. The number of rotatable bonds is 4. The summed E-state index contributed by atoms with van der Waals surface area (Å²) in [4.78, 5) is 2.16. The summed E-state index contributed by atoms with van der Waals surface area (Å²) in [6, 6.07) is 14.5. The van der Waals surface area contributed by atoms with Crippen molar-refractivity contribution >= 4 is 21.6 Å². The van der Waals surface area contributed by atoms with Crippen molar-refractivity contribution in [1.82, 2.24) is 0 Å². The minimum absolute atomic E-state index is 0.0711. The highest BCUT2D eigenvalue weighted by atomic mass is 79.9. The first kappa shape index (κ1) is 14.1. The monoisotopic (exact) mass is 319 g/mol. The van der Waals surface area contributed by atoms with Crippen LogP contribution in [0.3, 0.4) is 0 Å². The Morgan fingerprint density at radius 1 is 1.11 bits per heavy atom. The third-order valence-corrected chi connectivity index (χ3v) is 3.68. The van der Waals surface area contributed by atoms with Crippen LogP contribution in [0.5, 0.6) is 0 Å². The molecule has 0 radical (unpaired) electrons. The minimum Gasteiger partial charge on any atom is -0.392 e. The fourth-order valence-electron chi connectivity index (χ4n) is 2.16. The van der Waals surface area contributed by atoms with E-state index < -0.39 is 0 Å². The second-order valence-electron chi connectivity index (χ2n) is 4.77. The first-order valence-corrected chi connectivity index (χ1v) is 7.05. The van der Waals surface area contributed by atoms with Gasteiger partial charge in [0.25, 0.3) is 0 Å². The van der Waals surface area contributed by atoms with Gasteiger partial charge in [-0.2, -0.15) is 0 Å². The number of anilines is 1. The lowest BCUT2D eigenvalue weighted by Crippen LogP contribution is -2.18. The van der Waals surface area contributed by atoms with E-state index in [0.717, 1.165) is 22.3 Å². The highest BCUT2D eigenvalue weighted by Gasteiger charge is 2.07. The lowest BCUT2D eigenvalue weighted by Gasteiger charge is -2.22. The van der Waals surface area contributed by atoms with Gasteiger partial charge < -0.3 is 10.0 Å². The molecule has 0 spiro atoms. The van der Waals surface area contributed by atoms with Crippen LogP contribution in [0.4, 0.5) is 5.69 Å². The maximum absolute atomic E-state index is 9.46. The Kier molecular flexibility index (Phi) is 4.61. The zero-order valence-corrected chi connectivity index (χ0v) is 12.8. The van der Waals surface area contributed by atoms with Crippen molar-refractivity contribution in [2.75, 3.05) is 11.9 Å². The number of nitrogens with zero attached hydrogens (tertiary/aromatic N) is 1. The molecule has 1 N–H and O–H groups in total. The smallest absolute Gasteiger partial charge is 0.0702 e. The van der Waals surface area contributed by atoms with Crippen molar-refractivity contribution in [2.45, 2.75) is 20.1 Å². The van der Waals surface area contributed by atoms with Crippen molar-refractivity contribution in [3.63, 3.8) is 0 Å². The molecule has 0 aromatic heterocycles. The SMILES string of the molecule is Cc1ccc(N(C)Cc2ccc(Br)cc2)c(CO)c1. The average Bonchev–Trinajstić information content (AvgIpc) is 2.41. The molecule has 100 valence electrons. The Bertz CT molecular complexity index is 551. The second-order valence-corrected chi connectivity index (χ2v) is 5.69. The molecule has 2 aromatic rings. The molecule has 2 nitrogen and oxygen atoms in total. The van der Waals surface area contributed by atoms with E-state index in [-0.39, 0.29) is 6.61 Å². The summed E-state index contributed by atoms with van der Waals surface area (Å²) < 4.78 is 1.09. The Hall–Kier alpha value is -1.32. The van der Waals surface area contributed by atoms with Crippen molar-refractivity contribution in [1.29, 1.82) is 0 Å². The van der Waals surface area contributed by atoms with Crippen LogP contribution < -0.4 is 4.90 Å². The van der Waals surface area contributed by atoms with Gasteiger partial charge in [0.05, 0.1) is 6.61 Å². The van der Waals surface area contributed by atoms with Gasteiger partial charge in [-0.05, 0) is 30.7 Å². The average molecular weight is 320 g/mol. The molecule has 2 rings (SSSR count). The van der Waals surface area contributed by atoms with Gasteiger partial charge in [-0.25, -0.2) is 0 Å². The van der Waals surface area contributed by atoms with E-state index in [0.29, 0.717) is 0 Å². The molecule has 0 saturated carbocycles. The van der Waals surface area contributed by atoms with Crippen LogP contribution in [0.15, 0.2) is 46.9 Å². The van der Waals surface area contributed by atoms with Gasteiger partial charge in [-0.3, -0.25) is 0 Å². The zero-order chi connectivity index (χ0) is 13.8. The van der Waals surface area contributed by atoms with Gasteiger partial charge in [-0.15, -0.1) is 0 Å². The lowest BCUT2D eigenvalue weighted by atomic mass is 10.1. The molecule has 0 aliphatic rings. The van der Waals surface area contributed by atoms with Gasteiger partial charge >= 0.3 is 0 Å². The van der Waals surface area contributed by atoms with E-state index in [9.17, 15) is 5.11 Å². The Balaban J connectivity index is 2.19. The molecule has 0 aliphatic carbocycles. The molecule has 3 heteroatoms. The summed E-state index contributed by atoms with van der Waals surface area (Å²) in [5.74, 6) is 0. The Morgan fingerprint density at radius 3 is 2.42 bits per heavy atom. The van der Waals surface area contributed by atoms with E-state index in [2.05, 4.69) is 45.1 Å². The predicted octanol–water partition coefficient (Wildman–Crippen LogP) is 3.89. The fraction of sp³-hybridized carbons (Fsp3) is 0.250. The molecular weight excluding hydrogens is 302 g/mol. The molecular formula is C16H18BrNO. The summed E-state index contributed by atoms with van der Waals surface area (Å²) in [6.07, 6.45) is 0. The summed E-state index contributed by atoms with van der Waals surface area (Å²) in [5.41, 5.74) is 4.47. The van der Waals surface area contributed by atoms with E-state index in [1.165, 1.54) is 11.1 Å². The number of benzene rings is 2. The predicted molar refractivity (Wildman–Crippen MR) is 83.4 cm³/mol. The van der Waals surface area contributed by atoms with Crippen LogP contribution in [-0.4, -0.2) is 12.2 Å². The van der Waals surface area contributed by atoms with Crippen molar-refractivity contribution < 1.29 is 5.11 Å². The summed E-state index contributed by atoms with van der Waals surface area (Å²) in [7, 11) is 2.05. The zero-order valence-electron chi connectivity index (χ0n) is 11.2. The number of halogens is 1. The van der Waals surface area contributed by atoms with Crippen LogP contribution in [0.2, 0.25) is 0 Å². The summed E-state index contributed by atoms with van der Waals surface area (Å²) in [6.45, 7) is 2.93. The molecule has 0 saturated heterocycles. The van der Waals surface area contributed by atoms with Gasteiger partial charge in [0.2, 0.25) is 0 Å². The number of hydrogen-bond donors (Lipinski definition) is 1. The van der Waals surface area contributed by atoms with E-state index in [4.69, 9.17) is 0 Å². The molecule has 0 heterocycles. The molecule has 0 bridgehead atoms. The maximum atomic E-state index is 9.46. The Morgan fingerprint density at radius 2 is 1.79 bits per heavy atom. The van der Waals surface area contributed by atoms with Crippen molar-refractivity contribution in [3.8, 4) is 0 Å². The standard InChI is InChI=1S/C16H18BrNO/c1-12-3-8-16(14(9-12)11-19)18(2)10-13-4-6-15(17)7-5-13/h3-9,19H,10-11H2,1-2H3. The van der Waals surface area contributed by atoms with Crippen molar-refractivity contribution in [2.24, 2.45) is 0 Å². The number of aliphatic hydroxyl groups excluding tert-OH is 1. The molecule has 2 aromatic carbocycles. The summed E-state index contributed by atoms with van der Waals surface area (Å²) in [5, 5.41) is 9.46. The summed E-state index contributed by atoms with van der Waals surface area (Å²) >= 11 is 3.44. The van der Waals surface area contributed by atoms with Crippen LogP contribution in [0, 0.1) is 6.92 Å². The third-order valence-electron chi connectivity index (χ3n) is 3.15. The number of hydrogen-bond acceptors (Lipinski definition) is 2. The van der Waals surface area contributed by atoms with Gasteiger partial charge in [-0.1, -0.05) is 45.8 Å². The highest BCUT2D eigenvalue weighted by Crippen LogP contribution is 2.23. The molecule has 19 heavy (non-hydrogen) atoms. The normalized spacial score (nSPS) is 10.5. The number of aliphatic hydroxyl groups is 1. The minimum atomic E-state index is 0.0711. The van der Waals surface area contributed by atoms with Crippen molar-refractivity contribution in [3.05, 3.63) is 63.6 Å². The third kappa shape index (κ3) is 3.58. The van der Waals surface area contributed by atoms with Gasteiger partial charge in [0, 0.05) is 29.3 Å².